The quantitative estimate of drug-likeness (QED) is 0.575. The minimum atomic E-state index is 0.158. The molecule has 2 atom stereocenters. The molecule has 0 aromatic rings. The first-order chi connectivity index (χ1) is 4.70. The molecule has 0 saturated carbocycles. The predicted octanol–water partition coefficient (Wildman–Crippen LogP) is -0.00830. The minimum absolute atomic E-state index is 0.158. The van der Waals surface area contributed by atoms with Crippen LogP contribution in [0.1, 0.15) is 13.8 Å². The van der Waals surface area contributed by atoms with Crippen LogP contribution >= 0.6 is 0 Å². The Morgan fingerprint density at radius 3 is 2.40 bits per heavy atom. The standard InChI is InChI=1S/C7H17NO2/c1-6(4-9)8-7(2)5-10-3/h6-9H,4-5H2,1-3H3/t6-,7?/m1/s1. The van der Waals surface area contributed by atoms with Crippen molar-refractivity contribution < 1.29 is 9.84 Å². The summed E-state index contributed by atoms with van der Waals surface area (Å²) in [6, 6.07) is 0.470. The van der Waals surface area contributed by atoms with Gasteiger partial charge in [0.25, 0.3) is 0 Å². The van der Waals surface area contributed by atoms with Gasteiger partial charge in [-0.05, 0) is 13.8 Å². The molecule has 0 aliphatic carbocycles. The van der Waals surface area contributed by atoms with Crippen LogP contribution in [0.3, 0.4) is 0 Å². The van der Waals surface area contributed by atoms with E-state index in [1.165, 1.54) is 0 Å². The van der Waals surface area contributed by atoms with E-state index in [0.717, 1.165) is 0 Å². The van der Waals surface area contributed by atoms with E-state index in [4.69, 9.17) is 9.84 Å². The maximum Gasteiger partial charge on any atom is 0.0613 e. The van der Waals surface area contributed by atoms with Crippen molar-refractivity contribution in [3.05, 3.63) is 0 Å². The lowest BCUT2D eigenvalue weighted by molar-refractivity contribution is 0.157. The van der Waals surface area contributed by atoms with Crippen LogP contribution in [0.5, 0.6) is 0 Å². The number of aliphatic hydroxyl groups excluding tert-OH is 1. The van der Waals surface area contributed by atoms with Gasteiger partial charge in [-0.1, -0.05) is 0 Å². The van der Waals surface area contributed by atoms with Crippen LogP contribution in [0.4, 0.5) is 0 Å². The Bertz CT molecular complexity index is 78.0. The lowest BCUT2D eigenvalue weighted by Gasteiger charge is -2.16. The van der Waals surface area contributed by atoms with Crippen molar-refractivity contribution in [3.63, 3.8) is 0 Å². The van der Waals surface area contributed by atoms with Gasteiger partial charge in [0.15, 0.2) is 0 Å². The van der Waals surface area contributed by atoms with Crippen molar-refractivity contribution in [2.45, 2.75) is 25.9 Å². The summed E-state index contributed by atoms with van der Waals surface area (Å²) in [5.74, 6) is 0. The molecule has 0 rings (SSSR count). The molecule has 0 aliphatic heterocycles. The molecule has 1 unspecified atom stereocenters. The molecule has 0 spiro atoms. The lowest BCUT2D eigenvalue weighted by Crippen LogP contribution is -2.39. The number of ether oxygens (including phenoxy) is 1. The first kappa shape index (κ1) is 9.88. The van der Waals surface area contributed by atoms with E-state index in [1.807, 2.05) is 13.8 Å². The van der Waals surface area contributed by atoms with Gasteiger partial charge in [0, 0.05) is 19.2 Å². The van der Waals surface area contributed by atoms with Crippen molar-refractivity contribution in [3.8, 4) is 0 Å². The molecule has 0 fully saturated rings. The van der Waals surface area contributed by atoms with Crippen LogP contribution in [0.2, 0.25) is 0 Å². The Kier molecular flexibility index (Phi) is 5.58. The smallest absolute Gasteiger partial charge is 0.0613 e. The van der Waals surface area contributed by atoms with Crippen LogP contribution in [0.15, 0.2) is 0 Å². The number of aliphatic hydroxyl groups is 1. The fraction of sp³-hybridized carbons (Fsp3) is 1.00. The zero-order valence-electron chi connectivity index (χ0n) is 6.92. The number of methoxy groups -OCH3 is 1. The molecule has 0 aromatic carbocycles. The number of hydrogen-bond donors (Lipinski definition) is 2. The van der Waals surface area contributed by atoms with Gasteiger partial charge in [0.1, 0.15) is 0 Å². The second kappa shape index (κ2) is 5.65. The molecule has 0 radical (unpaired) electrons. The number of rotatable bonds is 5. The highest BCUT2D eigenvalue weighted by molar-refractivity contribution is 4.64. The van der Waals surface area contributed by atoms with Crippen LogP contribution in [0.25, 0.3) is 0 Å². The summed E-state index contributed by atoms with van der Waals surface area (Å²) >= 11 is 0. The van der Waals surface area contributed by atoms with Gasteiger partial charge in [-0.2, -0.15) is 0 Å². The highest BCUT2D eigenvalue weighted by atomic mass is 16.5. The summed E-state index contributed by atoms with van der Waals surface area (Å²) in [5.41, 5.74) is 0. The molecule has 62 valence electrons. The van der Waals surface area contributed by atoms with E-state index in [-0.39, 0.29) is 12.6 Å². The third-order valence-corrected chi connectivity index (χ3v) is 1.26. The van der Waals surface area contributed by atoms with Gasteiger partial charge in [-0.3, -0.25) is 0 Å². The molecule has 0 bridgehead atoms. The van der Waals surface area contributed by atoms with Crippen molar-refractivity contribution in [2.75, 3.05) is 20.3 Å². The van der Waals surface area contributed by atoms with Crippen molar-refractivity contribution in [1.29, 1.82) is 0 Å². The van der Waals surface area contributed by atoms with Gasteiger partial charge >= 0.3 is 0 Å². The van der Waals surface area contributed by atoms with E-state index in [0.29, 0.717) is 12.6 Å². The van der Waals surface area contributed by atoms with Crippen LogP contribution in [-0.4, -0.2) is 37.5 Å². The first-order valence-electron chi connectivity index (χ1n) is 3.56. The molecule has 10 heavy (non-hydrogen) atoms. The van der Waals surface area contributed by atoms with E-state index >= 15 is 0 Å². The Balaban J connectivity index is 3.27. The Labute approximate surface area is 62.4 Å². The molecule has 0 saturated heterocycles. The fourth-order valence-corrected chi connectivity index (χ4v) is 0.837. The SMILES string of the molecule is COCC(C)N[C@H](C)CO. The topological polar surface area (TPSA) is 41.5 Å². The van der Waals surface area contributed by atoms with E-state index in [2.05, 4.69) is 5.32 Å². The molecule has 2 N–H and O–H groups in total. The summed E-state index contributed by atoms with van der Waals surface area (Å²) in [7, 11) is 1.67. The van der Waals surface area contributed by atoms with Crippen LogP contribution in [0, 0.1) is 0 Å². The Hall–Kier alpha value is -0.120. The zero-order chi connectivity index (χ0) is 7.98. The molecule has 0 heterocycles. The summed E-state index contributed by atoms with van der Waals surface area (Å²) in [4.78, 5) is 0. The van der Waals surface area contributed by atoms with E-state index in [1.54, 1.807) is 7.11 Å². The average Bonchev–Trinajstić information content (AvgIpc) is 1.88. The normalized spacial score (nSPS) is 16.8. The fourth-order valence-electron chi connectivity index (χ4n) is 0.837. The molecular weight excluding hydrogens is 130 g/mol. The van der Waals surface area contributed by atoms with Crippen molar-refractivity contribution in [1.82, 2.24) is 5.32 Å². The van der Waals surface area contributed by atoms with Gasteiger partial charge in [-0.15, -0.1) is 0 Å². The van der Waals surface area contributed by atoms with Gasteiger partial charge in [0.2, 0.25) is 0 Å². The van der Waals surface area contributed by atoms with Crippen molar-refractivity contribution in [2.24, 2.45) is 0 Å². The third kappa shape index (κ3) is 4.73. The largest absolute Gasteiger partial charge is 0.395 e. The summed E-state index contributed by atoms with van der Waals surface area (Å²) in [5, 5.41) is 11.8. The summed E-state index contributed by atoms with van der Waals surface area (Å²) in [6.07, 6.45) is 0. The lowest BCUT2D eigenvalue weighted by atomic mass is 10.3. The maximum atomic E-state index is 8.65. The molecule has 0 aliphatic rings. The molecule has 0 aromatic heterocycles. The monoisotopic (exact) mass is 147 g/mol. The summed E-state index contributed by atoms with van der Waals surface area (Å²) in [6.45, 7) is 4.82. The van der Waals surface area contributed by atoms with Crippen LogP contribution < -0.4 is 5.32 Å². The average molecular weight is 147 g/mol. The summed E-state index contributed by atoms with van der Waals surface area (Å²) < 4.78 is 4.90. The second-order valence-corrected chi connectivity index (χ2v) is 2.61. The van der Waals surface area contributed by atoms with Crippen LogP contribution in [-0.2, 0) is 4.74 Å². The Morgan fingerprint density at radius 2 is 2.00 bits per heavy atom. The highest BCUT2D eigenvalue weighted by Gasteiger charge is 2.04. The molecule has 3 nitrogen and oxygen atoms in total. The third-order valence-electron chi connectivity index (χ3n) is 1.26. The Morgan fingerprint density at radius 1 is 1.40 bits per heavy atom. The van der Waals surface area contributed by atoms with E-state index in [9.17, 15) is 0 Å². The minimum Gasteiger partial charge on any atom is -0.395 e. The van der Waals surface area contributed by atoms with Gasteiger partial charge in [-0.25, -0.2) is 0 Å². The van der Waals surface area contributed by atoms with Gasteiger partial charge < -0.3 is 15.2 Å². The number of hydrogen-bond acceptors (Lipinski definition) is 3. The first-order valence-corrected chi connectivity index (χ1v) is 3.56. The molecule has 3 heteroatoms. The molecular formula is C7H17NO2. The highest BCUT2D eigenvalue weighted by Crippen LogP contribution is 1.86. The second-order valence-electron chi connectivity index (χ2n) is 2.61. The van der Waals surface area contributed by atoms with E-state index < -0.39 is 0 Å². The predicted molar refractivity (Wildman–Crippen MR) is 41.0 cm³/mol. The zero-order valence-corrected chi connectivity index (χ0v) is 6.92. The number of nitrogens with one attached hydrogen (secondary N) is 1. The maximum absolute atomic E-state index is 8.65. The molecule has 0 amide bonds. The van der Waals surface area contributed by atoms with Gasteiger partial charge in [0.05, 0.1) is 13.2 Å². The van der Waals surface area contributed by atoms with Crippen molar-refractivity contribution >= 4 is 0 Å².